The number of amides is 1. The van der Waals surface area contributed by atoms with E-state index < -0.39 is 17.5 Å². The van der Waals surface area contributed by atoms with Crippen LogP contribution < -0.4 is 15.4 Å². The molecule has 1 amide bonds. The van der Waals surface area contributed by atoms with E-state index in [0.29, 0.717) is 25.4 Å². The first-order chi connectivity index (χ1) is 17.2. The Labute approximate surface area is 214 Å². The number of carbonyl (C=O) groups excluding carboxylic acids is 1. The SMILES string of the molecule is CC1(CO/C(C(=O)Nc2cc(F)cc(F)c2)=C(/C=N)N2CC[NH+](SCc3ccc(N)cc3)CC2)CC1. The molecule has 1 saturated heterocycles. The highest BCUT2D eigenvalue weighted by atomic mass is 32.2. The Balaban J connectivity index is 1.44. The number of rotatable bonds is 10. The summed E-state index contributed by atoms with van der Waals surface area (Å²) in [4.78, 5) is 15.1. The van der Waals surface area contributed by atoms with Gasteiger partial charge >= 0.3 is 0 Å². The highest BCUT2D eigenvalue weighted by Crippen LogP contribution is 2.45. The van der Waals surface area contributed by atoms with Gasteiger partial charge in [-0.1, -0.05) is 19.1 Å². The van der Waals surface area contributed by atoms with Gasteiger partial charge in [0.2, 0.25) is 5.76 Å². The van der Waals surface area contributed by atoms with Crippen LogP contribution in [0.1, 0.15) is 25.3 Å². The van der Waals surface area contributed by atoms with Gasteiger partial charge in [0.1, 0.15) is 30.4 Å². The van der Waals surface area contributed by atoms with Gasteiger partial charge in [0.05, 0.1) is 37.4 Å². The molecule has 5 N–H and O–H groups in total. The van der Waals surface area contributed by atoms with Gasteiger partial charge in [-0.05, 0) is 42.7 Å². The van der Waals surface area contributed by atoms with E-state index in [1.54, 1.807) is 0 Å². The normalized spacial score (nSPS) is 17.8. The third-order valence-electron chi connectivity index (χ3n) is 6.45. The van der Waals surface area contributed by atoms with Crippen LogP contribution in [0.2, 0.25) is 0 Å². The maximum absolute atomic E-state index is 13.6. The summed E-state index contributed by atoms with van der Waals surface area (Å²) in [5, 5.41) is 10.6. The predicted octanol–water partition coefficient (Wildman–Crippen LogP) is 3.21. The summed E-state index contributed by atoms with van der Waals surface area (Å²) < 4.78 is 34.6. The van der Waals surface area contributed by atoms with Gasteiger partial charge in [-0.3, -0.25) is 9.10 Å². The quantitative estimate of drug-likeness (QED) is 0.128. The molecular weight excluding hydrogens is 484 g/mol. The van der Waals surface area contributed by atoms with Crippen molar-refractivity contribution in [1.29, 1.82) is 5.41 Å². The van der Waals surface area contributed by atoms with E-state index in [1.807, 2.05) is 41.1 Å². The second-order valence-electron chi connectivity index (χ2n) is 9.63. The van der Waals surface area contributed by atoms with E-state index in [2.05, 4.69) is 12.2 Å². The largest absolute Gasteiger partial charge is 0.486 e. The Morgan fingerprint density at radius 1 is 1.19 bits per heavy atom. The Hall–Kier alpha value is -3.11. The number of nitrogen functional groups attached to an aromatic ring is 1. The summed E-state index contributed by atoms with van der Waals surface area (Å²) in [5.41, 5.74) is 8.09. The molecule has 2 aromatic carbocycles. The van der Waals surface area contributed by atoms with E-state index >= 15 is 0 Å². The van der Waals surface area contributed by atoms with Crippen molar-refractivity contribution in [2.24, 2.45) is 5.41 Å². The zero-order chi connectivity index (χ0) is 25.7. The number of carbonyl (C=O) groups is 1. The highest BCUT2D eigenvalue weighted by molar-refractivity contribution is 7.92. The van der Waals surface area contributed by atoms with Crippen molar-refractivity contribution in [3.8, 4) is 0 Å². The molecule has 4 rings (SSSR count). The van der Waals surface area contributed by atoms with E-state index in [-0.39, 0.29) is 16.9 Å². The number of nitrogens with one attached hydrogen (secondary N) is 3. The molecule has 0 aromatic heterocycles. The van der Waals surface area contributed by atoms with Crippen LogP contribution in [-0.4, -0.2) is 49.8 Å². The number of hydrogen-bond donors (Lipinski definition) is 4. The minimum Gasteiger partial charge on any atom is -0.486 e. The molecule has 2 fully saturated rings. The van der Waals surface area contributed by atoms with Crippen molar-refractivity contribution < 1.29 is 22.6 Å². The van der Waals surface area contributed by atoms with Crippen molar-refractivity contribution in [2.75, 3.05) is 43.8 Å². The molecule has 1 aliphatic heterocycles. The van der Waals surface area contributed by atoms with Crippen molar-refractivity contribution in [3.05, 3.63) is 71.1 Å². The number of anilines is 2. The Morgan fingerprint density at radius 3 is 2.42 bits per heavy atom. The summed E-state index contributed by atoms with van der Waals surface area (Å²) in [5.74, 6) is -1.34. The molecule has 0 spiro atoms. The standard InChI is InChI=1S/C26H31F2N5O2S/c1-26(6-7-26)17-35-24(25(34)31-22-13-19(27)12-20(28)14-22)23(15-29)32-8-10-33(11-9-32)36-16-18-2-4-21(30)5-3-18/h2-5,12-15,29H,6-11,16-17,30H2,1H3,(H,31,34)/p+1/b24-23-,29-15?. The fourth-order valence-electron chi connectivity index (χ4n) is 3.91. The number of piperazine rings is 1. The van der Waals surface area contributed by atoms with Crippen LogP contribution >= 0.6 is 11.9 Å². The first kappa shape index (κ1) is 26.0. The lowest BCUT2D eigenvalue weighted by molar-refractivity contribution is -0.761. The lowest BCUT2D eigenvalue weighted by Gasteiger charge is -2.33. The molecule has 1 heterocycles. The number of benzene rings is 2. The molecule has 2 aromatic rings. The monoisotopic (exact) mass is 516 g/mol. The van der Waals surface area contributed by atoms with Crippen molar-refractivity contribution in [2.45, 2.75) is 25.5 Å². The average molecular weight is 517 g/mol. The van der Waals surface area contributed by atoms with Crippen LogP contribution in [0.15, 0.2) is 53.9 Å². The van der Waals surface area contributed by atoms with Crippen LogP contribution in [-0.2, 0) is 15.3 Å². The smallest absolute Gasteiger partial charge is 0.293 e. The summed E-state index contributed by atoms with van der Waals surface area (Å²) >= 11 is 1.81. The number of hydrogen-bond acceptors (Lipinski definition) is 6. The van der Waals surface area contributed by atoms with Gasteiger partial charge < -0.3 is 26.1 Å². The Bertz CT molecular complexity index is 1110. The van der Waals surface area contributed by atoms with Gasteiger partial charge in [-0.2, -0.15) is 0 Å². The Kier molecular flexibility index (Phi) is 8.15. The lowest BCUT2D eigenvalue weighted by atomic mass is 10.2. The molecule has 2 aliphatic rings. The van der Waals surface area contributed by atoms with Crippen LogP contribution in [0.3, 0.4) is 0 Å². The van der Waals surface area contributed by atoms with Gasteiger partial charge in [-0.25, -0.2) is 8.78 Å². The van der Waals surface area contributed by atoms with Gasteiger partial charge in [0.15, 0.2) is 0 Å². The van der Waals surface area contributed by atoms with E-state index in [1.165, 1.54) is 9.87 Å². The fourth-order valence-corrected chi connectivity index (χ4v) is 4.95. The number of nitrogens with two attached hydrogens (primary N) is 1. The molecule has 0 atom stereocenters. The van der Waals surface area contributed by atoms with Gasteiger partial charge in [-0.15, -0.1) is 0 Å². The summed E-state index contributed by atoms with van der Waals surface area (Å²) in [7, 11) is 0. The van der Waals surface area contributed by atoms with Crippen LogP contribution in [0.5, 0.6) is 0 Å². The van der Waals surface area contributed by atoms with E-state index in [4.69, 9.17) is 15.9 Å². The number of nitrogens with zero attached hydrogens (tertiary/aromatic N) is 1. The third kappa shape index (κ3) is 6.98. The summed E-state index contributed by atoms with van der Waals surface area (Å²) in [6.45, 7) is 5.33. The summed E-state index contributed by atoms with van der Waals surface area (Å²) in [6.07, 6.45) is 3.14. The van der Waals surface area contributed by atoms with Crippen molar-refractivity contribution in [1.82, 2.24) is 4.90 Å². The number of quaternary nitrogens is 1. The second-order valence-corrected chi connectivity index (χ2v) is 10.8. The summed E-state index contributed by atoms with van der Waals surface area (Å²) in [6, 6.07) is 10.7. The van der Waals surface area contributed by atoms with Crippen molar-refractivity contribution >= 4 is 35.4 Å². The molecule has 1 aliphatic carbocycles. The molecule has 7 nitrogen and oxygen atoms in total. The minimum absolute atomic E-state index is 0.000715. The molecule has 0 radical (unpaired) electrons. The number of ether oxygens (including phenoxy) is 1. The third-order valence-corrected chi connectivity index (χ3v) is 7.74. The first-order valence-corrected chi connectivity index (χ1v) is 13.0. The lowest BCUT2D eigenvalue weighted by Crippen LogP contribution is -3.08. The van der Waals surface area contributed by atoms with Crippen molar-refractivity contribution in [3.63, 3.8) is 0 Å². The van der Waals surface area contributed by atoms with Crippen LogP contribution in [0.4, 0.5) is 20.2 Å². The molecule has 192 valence electrons. The molecule has 36 heavy (non-hydrogen) atoms. The minimum atomic E-state index is -0.787. The molecule has 10 heteroatoms. The maximum atomic E-state index is 13.6. The number of halogens is 2. The fraction of sp³-hybridized carbons (Fsp3) is 0.385. The number of allylic oxidation sites excluding steroid dienone is 1. The second kappa shape index (κ2) is 11.3. The molecule has 0 bridgehead atoms. The first-order valence-electron chi connectivity index (χ1n) is 12.0. The Morgan fingerprint density at radius 2 is 1.83 bits per heavy atom. The zero-order valence-electron chi connectivity index (χ0n) is 20.3. The van der Waals surface area contributed by atoms with Gasteiger partial charge in [0.25, 0.3) is 5.91 Å². The van der Waals surface area contributed by atoms with E-state index in [0.717, 1.165) is 61.8 Å². The maximum Gasteiger partial charge on any atom is 0.293 e. The van der Waals surface area contributed by atoms with Crippen LogP contribution in [0, 0.1) is 22.5 Å². The zero-order valence-corrected chi connectivity index (χ0v) is 21.1. The molecular formula is C26H32F2N5O2S+. The topological polar surface area (TPSA) is 95.9 Å². The van der Waals surface area contributed by atoms with E-state index in [9.17, 15) is 13.6 Å². The predicted molar refractivity (Wildman–Crippen MR) is 139 cm³/mol. The van der Waals surface area contributed by atoms with Crippen LogP contribution in [0.25, 0.3) is 0 Å². The average Bonchev–Trinajstić information content (AvgIpc) is 3.58. The van der Waals surface area contributed by atoms with Gasteiger partial charge in [0, 0.05) is 29.1 Å². The molecule has 0 unspecified atom stereocenters. The molecule has 1 saturated carbocycles. The highest BCUT2D eigenvalue weighted by Gasteiger charge is 2.39.